The van der Waals surface area contributed by atoms with Crippen LogP contribution in [-0.4, -0.2) is 145 Å². The van der Waals surface area contributed by atoms with Crippen molar-refractivity contribution < 1.29 is 47.9 Å². The van der Waals surface area contributed by atoms with Crippen molar-refractivity contribution in [3.8, 4) is 23.0 Å². The first-order valence-electron chi connectivity index (χ1n) is 26.2. The number of β-amino-alcohol motifs (C(OH)–C–C–N with tert-alkyl or cyclic N) is 1. The number of aliphatic hydroxyl groups is 1. The molecule has 2 heterocycles. The van der Waals surface area contributed by atoms with E-state index in [1.165, 1.54) is 49.3 Å². The molecular weight excluding hydrogens is 1310 g/mol. The number of aliphatic hydroxyl groups excluding tert-OH is 1. The van der Waals surface area contributed by atoms with Gasteiger partial charge in [-0.25, -0.2) is 14.6 Å². The van der Waals surface area contributed by atoms with Crippen molar-refractivity contribution in [2.45, 2.75) is 134 Å². The molecule has 448 valence electrons. The summed E-state index contributed by atoms with van der Waals surface area (Å²) in [6, 6.07) is 12.9. The van der Waals surface area contributed by atoms with Crippen molar-refractivity contribution in [1.82, 2.24) is 15.1 Å². The van der Waals surface area contributed by atoms with Crippen LogP contribution in [0.2, 0.25) is 0 Å². The summed E-state index contributed by atoms with van der Waals surface area (Å²) < 4.78 is 39.5. The molecule has 2 aromatic rings. The van der Waals surface area contributed by atoms with Crippen LogP contribution in [-0.2, 0) is 31.8 Å². The molecule has 2 saturated heterocycles. The lowest BCUT2D eigenvalue weighted by Gasteiger charge is -2.37. The number of nitrogens with one attached hydrogen (secondary N) is 1. The lowest BCUT2D eigenvalue weighted by atomic mass is 9.91. The molecule has 0 spiro atoms. The van der Waals surface area contributed by atoms with E-state index in [1.54, 1.807) is 28.4 Å². The Hall–Kier alpha value is 3.40. The summed E-state index contributed by atoms with van der Waals surface area (Å²) >= 11 is 0. The highest BCUT2D eigenvalue weighted by molar-refractivity contribution is 9.10. The van der Waals surface area contributed by atoms with Crippen LogP contribution < -0.4 is 24.3 Å². The molecule has 4 aliphatic rings. The largest absolute Gasteiger partial charge is 0.493 e. The van der Waals surface area contributed by atoms with Crippen molar-refractivity contribution in [1.29, 1.82) is 0 Å². The summed E-state index contributed by atoms with van der Waals surface area (Å²) in [5.41, 5.74) is 2.37. The predicted octanol–water partition coefficient (Wildman–Crippen LogP) is 15.8. The molecule has 1 amide bonds. The van der Waals surface area contributed by atoms with Gasteiger partial charge in [0.2, 0.25) is 6.08 Å². The summed E-state index contributed by atoms with van der Waals surface area (Å²) in [6.45, 7) is 11.2. The lowest BCUT2D eigenvalue weighted by molar-refractivity contribution is -0.0320. The van der Waals surface area contributed by atoms with Gasteiger partial charge >= 0.3 is 6.09 Å². The number of rotatable bonds is 23. The molecule has 6 rings (SSSR count). The van der Waals surface area contributed by atoms with Gasteiger partial charge in [-0.2, -0.15) is 0 Å². The quantitative estimate of drug-likeness (QED) is 0.0619. The number of likely N-dealkylation sites (tertiary alicyclic amines) is 2. The van der Waals surface area contributed by atoms with Gasteiger partial charge in [-0.05, 0) is 142 Å². The third-order valence-electron chi connectivity index (χ3n) is 13.0. The van der Waals surface area contributed by atoms with E-state index in [4.69, 9.17) is 33.2 Å². The second kappa shape index (κ2) is 46.5. The molecule has 0 aromatic heterocycles. The number of hydrogen-bond donors (Lipinski definition) is 2. The van der Waals surface area contributed by atoms with E-state index in [2.05, 4.69) is 122 Å². The molecule has 78 heavy (non-hydrogen) atoms. The predicted molar refractivity (Wildman–Crippen MR) is 383 cm³/mol. The maximum absolute atomic E-state index is 11.7. The number of aliphatic imine (C=N–C) groups is 1. The Balaban J connectivity index is 0.000000385. The highest BCUT2D eigenvalue weighted by Gasteiger charge is 2.37. The van der Waals surface area contributed by atoms with Gasteiger partial charge < -0.3 is 43.6 Å². The first-order valence-corrected chi connectivity index (χ1v) is 55.3. The Morgan fingerprint density at radius 1 is 0.679 bits per heavy atom. The van der Waals surface area contributed by atoms with Gasteiger partial charge in [0.25, 0.3) is 0 Å². The SMILES string of the molecule is CCCN=C=O.CCNC(=O)O[C@@H]1CCN([C@@H]2CCCC[C@H]2OCCc2ccc(OC)c(OC)c2)C1.COc1ccc(CCO[C@@H]2CCCC[C@H]2N2CC[C@@H](O)C2)cc1OC.PP(P)P(P)P(P)P.PPP(P(P)P)P(P)P. The van der Waals surface area contributed by atoms with E-state index >= 15 is 0 Å². The smallest absolute Gasteiger partial charge is 0.407 e. The minimum Gasteiger partial charge on any atom is -0.493 e. The Morgan fingerprint density at radius 2 is 1.14 bits per heavy atom. The zero-order valence-corrected chi connectivity index (χ0v) is 64.6. The Labute approximate surface area is 501 Å². The van der Waals surface area contributed by atoms with Crippen molar-refractivity contribution in [3.63, 3.8) is 0 Å². The van der Waals surface area contributed by atoms with Crippen LogP contribution in [0.15, 0.2) is 41.4 Å². The fraction of sp³-hybridized carbons (Fsp3) is 0.702. The molecule has 11 unspecified atom stereocenters. The van der Waals surface area contributed by atoms with Crippen molar-refractivity contribution in [2.75, 3.05) is 80.9 Å². The van der Waals surface area contributed by atoms with Crippen LogP contribution in [0.1, 0.15) is 95.6 Å². The number of alkyl carbamates (subject to hydrolysis) is 1. The summed E-state index contributed by atoms with van der Waals surface area (Å²) in [5.74, 6) is 3.02. The van der Waals surface area contributed by atoms with Gasteiger partial charge in [-0.3, -0.25) is 9.80 Å². The fourth-order valence-electron chi connectivity index (χ4n) is 9.19. The molecule has 2 aliphatic heterocycles. The maximum atomic E-state index is 11.7. The number of methoxy groups -OCH3 is 4. The zero-order chi connectivity index (χ0) is 58.0. The Bertz CT molecular complexity index is 1960. The molecule has 2 aliphatic carbocycles. The molecule has 2 saturated carbocycles. The van der Waals surface area contributed by atoms with Crippen LogP contribution >= 0.6 is 139 Å². The van der Waals surface area contributed by atoms with Crippen LogP contribution in [0.4, 0.5) is 4.79 Å². The van der Waals surface area contributed by atoms with Gasteiger partial charge in [-0.1, -0.05) is 52.7 Å². The van der Waals surface area contributed by atoms with Gasteiger partial charge in [-0.15, -0.1) is 89.3 Å². The summed E-state index contributed by atoms with van der Waals surface area (Å²) in [5, 5.41) is 12.5. The van der Waals surface area contributed by atoms with Crippen LogP contribution in [0.3, 0.4) is 0 Å². The monoisotopic (exact) mass is 1400 g/mol. The minimum atomic E-state index is -0.310. The average molecular weight is 1400 g/mol. The number of ether oxygens (including phenoxy) is 7. The second-order valence-electron chi connectivity index (χ2n) is 18.4. The van der Waals surface area contributed by atoms with E-state index in [1.807, 2.05) is 38.1 Å². The topological polar surface area (TPSA) is 150 Å². The number of amides is 1. The normalized spacial score (nSPS) is 21.5. The van der Waals surface area contributed by atoms with E-state index in [0.717, 1.165) is 109 Å². The molecule has 17 atom stereocenters. The number of benzene rings is 2. The third kappa shape index (κ3) is 31.0. The molecule has 31 heteroatoms. The lowest BCUT2D eigenvalue weighted by Crippen LogP contribution is -2.46. The molecule has 0 bridgehead atoms. The first-order chi connectivity index (χ1) is 37.4. The maximum Gasteiger partial charge on any atom is 0.407 e. The van der Waals surface area contributed by atoms with Crippen molar-refractivity contribution >= 4 is 151 Å². The van der Waals surface area contributed by atoms with E-state index in [9.17, 15) is 14.7 Å². The van der Waals surface area contributed by atoms with Crippen molar-refractivity contribution in [3.05, 3.63) is 47.5 Å². The Kier molecular flexibility index (Phi) is 46.2. The summed E-state index contributed by atoms with van der Waals surface area (Å²) in [4.78, 5) is 29.2. The molecule has 2 N–H and O–H groups in total. The second-order valence-corrected chi connectivity index (χ2v) is 77.1. The van der Waals surface area contributed by atoms with Gasteiger partial charge in [0, 0.05) is 44.8 Å². The van der Waals surface area contributed by atoms with Crippen LogP contribution in [0, 0.1) is 0 Å². The number of isocyanates is 1. The molecule has 4 fully saturated rings. The van der Waals surface area contributed by atoms with Gasteiger partial charge in [0.15, 0.2) is 23.0 Å². The summed E-state index contributed by atoms with van der Waals surface area (Å²) in [7, 11) is 36.6. The fourth-order valence-corrected chi connectivity index (χ4v) is 99.2. The molecule has 0 radical (unpaired) electrons. The highest BCUT2D eigenvalue weighted by Crippen LogP contribution is 3.04. The Morgan fingerprint density at radius 3 is 1.49 bits per heavy atom. The number of nitrogens with zero attached hydrogens (tertiary/aromatic N) is 3. The number of carbonyl (C=O) groups excluding carboxylic acids is 2. The third-order valence-corrected chi connectivity index (χ3v) is 95.1. The van der Waals surface area contributed by atoms with Crippen molar-refractivity contribution in [2.24, 2.45) is 4.99 Å². The molecule has 14 nitrogen and oxygen atoms in total. The van der Waals surface area contributed by atoms with Gasteiger partial charge in [0.05, 0.1) is 66.5 Å². The van der Waals surface area contributed by atoms with Crippen LogP contribution in [0.25, 0.3) is 0 Å². The molecule has 2 aromatic carbocycles. The molecular formula is C47H95N4O10P17. The first kappa shape index (κ1) is 77.5. The van der Waals surface area contributed by atoms with Crippen LogP contribution in [0.5, 0.6) is 23.0 Å². The average Bonchev–Trinajstić information content (AvgIpc) is 4.11. The zero-order valence-electron chi connectivity index (χ0n) is 46.7. The van der Waals surface area contributed by atoms with E-state index < -0.39 is 0 Å². The minimum absolute atomic E-state index is 0.0223. The standard InChI is InChI=1S/C23H36N2O5.C20H31NO4.C4H7NO.H11P9.H10P8/c1-4-24-23(26)30-18-11-13-25(16-18)19-7-5-6-8-20(19)29-14-12-17-9-10-21(27-2)22(15-17)28-3;1-23-19-8-7-15(13-20(19)24-2)10-12-25-18-6-4-3-5-17(18)21-11-9-16(22)14-21;1-2-3-5-4-6;1-6-9(7(2)3)8(4)5;1-6(2)8(5)7(3)4/h9-10,15,18-20H,4-8,11-14,16H2,1-3H3,(H,24,26);7-8,13,16-18,22H,3-6,9-12,14H2,1-2H3;2-3H2,1H3;6H,1-5H2;1-5H2/t18-,19-,20-;16-,17-,18-;;;/m11.../s1. The van der Waals surface area contributed by atoms with E-state index in [-0.39, 0.29) is 59.3 Å². The van der Waals surface area contributed by atoms with Gasteiger partial charge in [0.1, 0.15) is 6.10 Å². The van der Waals surface area contributed by atoms with E-state index in [0.29, 0.717) is 51.5 Å². The summed E-state index contributed by atoms with van der Waals surface area (Å²) in [6.07, 6.45) is 15.4. The number of carbonyl (C=O) groups is 1. The number of hydrogen-bond acceptors (Lipinski definition) is 13. The highest BCUT2D eigenvalue weighted by atomic mass is 33.2.